The van der Waals surface area contributed by atoms with E-state index in [1.54, 1.807) is 0 Å². The standard InChI is InChI=1S/C14H22N2S/c1-2-5-13(6-3-1)11-15-8-9-16-12-14-7-4-10-17-14/h1-3,5-6,14-16H,4,7-12H2. The van der Waals surface area contributed by atoms with Crippen LogP contribution in [0.5, 0.6) is 0 Å². The molecule has 94 valence electrons. The zero-order valence-electron chi connectivity index (χ0n) is 10.3. The molecule has 1 aliphatic rings. The molecule has 1 heterocycles. The third-order valence-electron chi connectivity index (χ3n) is 3.05. The van der Waals surface area contributed by atoms with Crippen molar-refractivity contribution in [3.8, 4) is 0 Å². The van der Waals surface area contributed by atoms with Crippen molar-refractivity contribution in [3.05, 3.63) is 35.9 Å². The summed E-state index contributed by atoms with van der Waals surface area (Å²) in [6, 6.07) is 10.6. The van der Waals surface area contributed by atoms with Gasteiger partial charge in [-0.05, 0) is 24.2 Å². The molecule has 0 spiro atoms. The minimum absolute atomic E-state index is 0.865. The van der Waals surface area contributed by atoms with Crippen molar-refractivity contribution in [3.63, 3.8) is 0 Å². The smallest absolute Gasteiger partial charge is 0.0206 e. The molecule has 0 aromatic heterocycles. The van der Waals surface area contributed by atoms with E-state index in [9.17, 15) is 0 Å². The predicted octanol–water partition coefficient (Wildman–Crippen LogP) is 2.26. The van der Waals surface area contributed by atoms with Crippen LogP contribution in [0.4, 0.5) is 0 Å². The first-order chi connectivity index (χ1) is 8.45. The molecule has 0 amide bonds. The van der Waals surface area contributed by atoms with Gasteiger partial charge in [-0.25, -0.2) is 0 Å². The Hall–Kier alpha value is -0.510. The van der Waals surface area contributed by atoms with Gasteiger partial charge in [0.05, 0.1) is 0 Å². The molecule has 2 N–H and O–H groups in total. The van der Waals surface area contributed by atoms with Crippen LogP contribution in [0.2, 0.25) is 0 Å². The number of hydrogen-bond acceptors (Lipinski definition) is 3. The van der Waals surface area contributed by atoms with Crippen LogP contribution in [0.1, 0.15) is 18.4 Å². The molecule has 0 bridgehead atoms. The lowest BCUT2D eigenvalue weighted by molar-refractivity contribution is 0.596. The molecule has 1 fully saturated rings. The summed E-state index contributed by atoms with van der Waals surface area (Å²) in [5.74, 6) is 1.36. The summed E-state index contributed by atoms with van der Waals surface area (Å²) in [5.41, 5.74) is 1.36. The summed E-state index contributed by atoms with van der Waals surface area (Å²) in [6.45, 7) is 4.27. The maximum atomic E-state index is 3.53. The molecule has 3 heteroatoms. The van der Waals surface area contributed by atoms with E-state index >= 15 is 0 Å². The molecule has 17 heavy (non-hydrogen) atoms. The molecule has 0 radical (unpaired) electrons. The summed E-state index contributed by atoms with van der Waals surface area (Å²) in [5, 5.41) is 7.85. The molecule has 0 saturated carbocycles. The van der Waals surface area contributed by atoms with Crippen molar-refractivity contribution in [1.29, 1.82) is 0 Å². The van der Waals surface area contributed by atoms with Crippen molar-refractivity contribution < 1.29 is 0 Å². The Kier molecular flexibility index (Phi) is 5.89. The van der Waals surface area contributed by atoms with Gasteiger partial charge in [-0.15, -0.1) is 0 Å². The molecule has 1 atom stereocenters. The second-order valence-electron chi connectivity index (χ2n) is 4.50. The van der Waals surface area contributed by atoms with Crippen molar-refractivity contribution in [1.82, 2.24) is 10.6 Å². The largest absolute Gasteiger partial charge is 0.314 e. The van der Waals surface area contributed by atoms with Gasteiger partial charge in [-0.3, -0.25) is 0 Å². The van der Waals surface area contributed by atoms with E-state index in [2.05, 4.69) is 52.7 Å². The Bertz CT molecular complexity index is 296. The molecular formula is C14H22N2S. The van der Waals surface area contributed by atoms with Crippen LogP contribution in [-0.4, -0.2) is 30.6 Å². The first-order valence-electron chi connectivity index (χ1n) is 6.52. The maximum absolute atomic E-state index is 3.53. The van der Waals surface area contributed by atoms with Crippen molar-refractivity contribution >= 4 is 11.8 Å². The Labute approximate surface area is 109 Å². The maximum Gasteiger partial charge on any atom is 0.0206 e. The van der Waals surface area contributed by atoms with Gasteiger partial charge in [0, 0.05) is 31.4 Å². The molecule has 2 rings (SSSR count). The third kappa shape index (κ3) is 5.11. The minimum Gasteiger partial charge on any atom is -0.314 e. The summed E-state index contributed by atoms with van der Waals surface area (Å²) >= 11 is 2.12. The number of nitrogens with one attached hydrogen (secondary N) is 2. The summed E-state index contributed by atoms with van der Waals surface area (Å²) in [7, 11) is 0. The fraction of sp³-hybridized carbons (Fsp3) is 0.571. The lowest BCUT2D eigenvalue weighted by atomic mass is 10.2. The van der Waals surface area contributed by atoms with E-state index in [-0.39, 0.29) is 0 Å². The van der Waals surface area contributed by atoms with Crippen molar-refractivity contribution in [2.24, 2.45) is 0 Å². The monoisotopic (exact) mass is 250 g/mol. The van der Waals surface area contributed by atoms with E-state index < -0.39 is 0 Å². The van der Waals surface area contributed by atoms with Gasteiger partial charge in [-0.2, -0.15) is 11.8 Å². The molecule has 1 aromatic rings. The van der Waals surface area contributed by atoms with Crippen LogP contribution >= 0.6 is 11.8 Å². The summed E-state index contributed by atoms with van der Waals surface area (Å²) in [6.07, 6.45) is 2.80. The average Bonchev–Trinajstić information content (AvgIpc) is 2.88. The zero-order chi connectivity index (χ0) is 11.8. The third-order valence-corrected chi connectivity index (χ3v) is 4.44. The first-order valence-corrected chi connectivity index (χ1v) is 7.57. The normalized spacial score (nSPS) is 19.6. The number of hydrogen-bond donors (Lipinski definition) is 2. The highest BCUT2D eigenvalue weighted by atomic mass is 32.2. The van der Waals surface area contributed by atoms with Crippen LogP contribution in [0.25, 0.3) is 0 Å². The van der Waals surface area contributed by atoms with E-state index in [1.807, 2.05) is 0 Å². The highest BCUT2D eigenvalue weighted by molar-refractivity contribution is 8.00. The predicted molar refractivity (Wildman–Crippen MR) is 76.5 cm³/mol. The highest BCUT2D eigenvalue weighted by Crippen LogP contribution is 2.24. The van der Waals surface area contributed by atoms with Crippen LogP contribution in [0.3, 0.4) is 0 Å². The average molecular weight is 250 g/mol. The minimum atomic E-state index is 0.865. The van der Waals surface area contributed by atoms with Gasteiger partial charge in [0.25, 0.3) is 0 Å². The molecule has 1 saturated heterocycles. The van der Waals surface area contributed by atoms with E-state index in [1.165, 1.54) is 30.7 Å². The number of thioether (sulfide) groups is 1. The topological polar surface area (TPSA) is 24.1 Å². The second-order valence-corrected chi connectivity index (χ2v) is 5.91. The van der Waals surface area contributed by atoms with E-state index in [0.717, 1.165) is 24.9 Å². The fourth-order valence-corrected chi connectivity index (χ4v) is 3.31. The van der Waals surface area contributed by atoms with Gasteiger partial charge < -0.3 is 10.6 Å². The SMILES string of the molecule is c1ccc(CNCCNCC2CCCS2)cc1. The van der Waals surface area contributed by atoms with Crippen molar-refractivity contribution in [2.45, 2.75) is 24.6 Å². The molecule has 1 aromatic carbocycles. The highest BCUT2D eigenvalue weighted by Gasteiger charge is 2.14. The van der Waals surface area contributed by atoms with Crippen LogP contribution in [0.15, 0.2) is 30.3 Å². The Morgan fingerprint density at radius 1 is 1.12 bits per heavy atom. The molecule has 0 aliphatic carbocycles. The summed E-state index contributed by atoms with van der Waals surface area (Å²) in [4.78, 5) is 0. The molecule has 2 nitrogen and oxygen atoms in total. The molecule has 1 unspecified atom stereocenters. The van der Waals surface area contributed by atoms with Gasteiger partial charge in [0.15, 0.2) is 0 Å². The Morgan fingerprint density at radius 2 is 1.94 bits per heavy atom. The fourth-order valence-electron chi connectivity index (χ4n) is 2.07. The number of rotatable bonds is 7. The molecular weight excluding hydrogens is 228 g/mol. The van der Waals surface area contributed by atoms with Crippen LogP contribution < -0.4 is 10.6 Å². The lowest BCUT2D eigenvalue weighted by Gasteiger charge is -2.10. The van der Waals surface area contributed by atoms with Gasteiger partial charge in [0.1, 0.15) is 0 Å². The zero-order valence-corrected chi connectivity index (χ0v) is 11.1. The Morgan fingerprint density at radius 3 is 2.71 bits per heavy atom. The van der Waals surface area contributed by atoms with Crippen LogP contribution in [0, 0.1) is 0 Å². The van der Waals surface area contributed by atoms with Gasteiger partial charge in [-0.1, -0.05) is 30.3 Å². The quantitative estimate of drug-likeness (QED) is 0.726. The Balaban J connectivity index is 1.46. The first kappa shape index (κ1) is 12.9. The number of benzene rings is 1. The van der Waals surface area contributed by atoms with Crippen LogP contribution in [-0.2, 0) is 6.54 Å². The molecule has 1 aliphatic heterocycles. The summed E-state index contributed by atoms with van der Waals surface area (Å²) < 4.78 is 0. The second kappa shape index (κ2) is 7.75. The van der Waals surface area contributed by atoms with E-state index in [0.29, 0.717) is 0 Å². The van der Waals surface area contributed by atoms with Crippen molar-refractivity contribution in [2.75, 3.05) is 25.4 Å². The van der Waals surface area contributed by atoms with E-state index in [4.69, 9.17) is 0 Å². The van der Waals surface area contributed by atoms with Gasteiger partial charge in [0.2, 0.25) is 0 Å². The lowest BCUT2D eigenvalue weighted by Crippen LogP contribution is -2.31. The van der Waals surface area contributed by atoms with Gasteiger partial charge >= 0.3 is 0 Å².